The highest BCUT2D eigenvalue weighted by atomic mass is 16.2. The van der Waals surface area contributed by atoms with Crippen molar-refractivity contribution < 1.29 is 14.4 Å². The lowest BCUT2D eigenvalue weighted by Crippen LogP contribution is -2.43. The lowest BCUT2D eigenvalue weighted by molar-refractivity contribution is -0.133. The van der Waals surface area contributed by atoms with E-state index < -0.39 is 0 Å². The molecule has 0 atom stereocenters. The van der Waals surface area contributed by atoms with E-state index in [0.717, 1.165) is 0 Å². The molecular weight excluding hydrogens is 210 g/mol. The maximum absolute atomic E-state index is 11.3. The zero-order valence-electron chi connectivity index (χ0n) is 10.2. The molecule has 0 aliphatic heterocycles. The Labute approximate surface area is 95.4 Å². The fourth-order valence-electron chi connectivity index (χ4n) is 0.935. The fraction of sp³-hybridized carbons (Fsp3) is 0.700. The summed E-state index contributed by atoms with van der Waals surface area (Å²) in [6.07, 6.45) is 0. The molecule has 0 aromatic rings. The van der Waals surface area contributed by atoms with Gasteiger partial charge < -0.3 is 15.5 Å². The Hall–Kier alpha value is -1.59. The minimum absolute atomic E-state index is 0.0374. The minimum atomic E-state index is -0.350. The summed E-state index contributed by atoms with van der Waals surface area (Å²) in [5.74, 6) is -0.785. The third-order valence-electron chi connectivity index (χ3n) is 1.81. The number of rotatable bonds is 5. The first-order valence-corrected chi connectivity index (χ1v) is 5.10. The Kier molecular flexibility index (Phi) is 6.14. The van der Waals surface area contributed by atoms with Gasteiger partial charge in [-0.2, -0.15) is 0 Å². The Morgan fingerprint density at radius 2 is 1.75 bits per heavy atom. The average Bonchev–Trinajstić information content (AvgIpc) is 2.13. The van der Waals surface area contributed by atoms with E-state index in [1.165, 1.54) is 18.9 Å². The van der Waals surface area contributed by atoms with Crippen molar-refractivity contribution in [1.29, 1.82) is 0 Å². The summed E-state index contributed by atoms with van der Waals surface area (Å²) in [5.41, 5.74) is 0. The molecule has 2 N–H and O–H groups in total. The molecular formula is C10H19N3O3. The topological polar surface area (TPSA) is 78.5 Å². The number of amides is 3. The van der Waals surface area contributed by atoms with Gasteiger partial charge in [-0.15, -0.1) is 0 Å². The van der Waals surface area contributed by atoms with Crippen LogP contribution in [0.3, 0.4) is 0 Å². The second-order valence-corrected chi connectivity index (χ2v) is 3.87. The monoisotopic (exact) mass is 229 g/mol. The van der Waals surface area contributed by atoms with Crippen LogP contribution >= 0.6 is 0 Å². The second-order valence-electron chi connectivity index (χ2n) is 3.87. The van der Waals surface area contributed by atoms with E-state index in [1.807, 2.05) is 13.8 Å². The van der Waals surface area contributed by atoms with Crippen molar-refractivity contribution in [2.45, 2.75) is 26.8 Å². The number of hydrogen-bond acceptors (Lipinski definition) is 3. The van der Waals surface area contributed by atoms with Gasteiger partial charge in [0.15, 0.2) is 0 Å². The van der Waals surface area contributed by atoms with Crippen LogP contribution in [0.5, 0.6) is 0 Å². The number of hydrogen-bond donors (Lipinski definition) is 2. The molecule has 6 heteroatoms. The standard InChI is InChI=1S/C10H19N3O3/c1-7(2)12-9(15)5-11-10(16)6-13(4)8(3)14/h7H,5-6H2,1-4H3,(H,11,16)(H,12,15). The van der Waals surface area contributed by atoms with E-state index in [1.54, 1.807) is 0 Å². The molecule has 0 saturated carbocycles. The smallest absolute Gasteiger partial charge is 0.240 e. The number of nitrogens with zero attached hydrogens (tertiary/aromatic N) is 1. The normalized spacial score (nSPS) is 9.81. The van der Waals surface area contributed by atoms with Gasteiger partial charge in [-0.25, -0.2) is 0 Å². The molecule has 0 spiro atoms. The highest BCUT2D eigenvalue weighted by Crippen LogP contribution is 1.83. The van der Waals surface area contributed by atoms with E-state index in [0.29, 0.717) is 0 Å². The van der Waals surface area contributed by atoms with Crippen LogP contribution in [0.25, 0.3) is 0 Å². The molecule has 92 valence electrons. The van der Waals surface area contributed by atoms with Crippen LogP contribution in [0, 0.1) is 0 Å². The average molecular weight is 229 g/mol. The van der Waals surface area contributed by atoms with E-state index in [9.17, 15) is 14.4 Å². The molecule has 0 fully saturated rings. The van der Waals surface area contributed by atoms with Crippen LogP contribution in [0.15, 0.2) is 0 Å². The lowest BCUT2D eigenvalue weighted by Gasteiger charge is -2.14. The lowest BCUT2D eigenvalue weighted by atomic mass is 10.4. The summed E-state index contributed by atoms with van der Waals surface area (Å²) in [4.78, 5) is 34.5. The van der Waals surface area contributed by atoms with E-state index in [4.69, 9.17) is 0 Å². The Balaban J connectivity index is 3.81. The largest absolute Gasteiger partial charge is 0.352 e. The molecule has 0 aromatic carbocycles. The third kappa shape index (κ3) is 6.80. The summed E-state index contributed by atoms with van der Waals surface area (Å²) >= 11 is 0. The predicted molar refractivity (Wildman–Crippen MR) is 59.6 cm³/mol. The van der Waals surface area contributed by atoms with Gasteiger partial charge in [0.05, 0.1) is 13.1 Å². The van der Waals surface area contributed by atoms with Gasteiger partial charge >= 0.3 is 0 Å². The molecule has 0 rings (SSSR count). The van der Waals surface area contributed by atoms with E-state index >= 15 is 0 Å². The van der Waals surface area contributed by atoms with Crippen molar-refractivity contribution in [3.05, 3.63) is 0 Å². The third-order valence-corrected chi connectivity index (χ3v) is 1.81. The van der Waals surface area contributed by atoms with Crippen LogP contribution in [-0.4, -0.2) is 48.8 Å². The molecule has 0 bridgehead atoms. The first-order chi connectivity index (χ1) is 7.32. The van der Waals surface area contributed by atoms with Gasteiger partial charge in [0.1, 0.15) is 0 Å². The molecule has 0 saturated heterocycles. The van der Waals surface area contributed by atoms with Crippen molar-refractivity contribution in [2.75, 3.05) is 20.1 Å². The number of nitrogens with one attached hydrogen (secondary N) is 2. The van der Waals surface area contributed by atoms with Crippen LogP contribution in [0.4, 0.5) is 0 Å². The predicted octanol–water partition coefficient (Wildman–Crippen LogP) is -0.894. The summed E-state index contributed by atoms with van der Waals surface area (Å²) in [6.45, 7) is 4.94. The summed E-state index contributed by atoms with van der Waals surface area (Å²) in [5, 5.41) is 5.07. The molecule has 0 unspecified atom stereocenters. The van der Waals surface area contributed by atoms with Gasteiger partial charge in [0.2, 0.25) is 17.7 Å². The first kappa shape index (κ1) is 14.4. The van der Waals surface area contributed by atoms with Crippen molar-refractivity contribution in [1.82, 2.24) is 15.5 Å². The summed E-state index contributed by atoms with van der Waals surface area (Å²) in [7, 11) is 1.52. The van der Waals surface area contributed by atoms with E-state index in [2.05, 4.69) is 10.6 Å². The maximum Gasteiger partial charge on any atom is 0.240 e. The molecule has 3 amide bonds. The summed E-state index contributed by atoms with van der Waals surface area (Å²) < 4.78 is 0. The first-order valence-electron chi connectivity index (χ1n) is 5.10. The van der Waals surface area contributed by atoms with Gasteiger partial charge in [-0.1, -0.05) is 0 Å². The van der Waals surface area contributed by atoms with Crippen LogP contribution in [0.1, 0.15) is 20.8 Å². The number of carbonyl (C=O) groups excluding carboxylic acids is 3. The molecule has 16 heavy (non-hydrogen) atoms. The van der Waals surface area contributed by atoms with Crippen molar-refractivity contribution in [3.63, 3.8) is 0 Å². The molecule has 0 aromatic heterocycles. The molecule has 0 aliphatic rings. The number of carbonyl (C=O) groups is 3. The molecule has 0 radical (unpaired) electrons. The quantitative estimate of drug-likeness (QED) is 0.641. The second kappa shape index (κ2) is 6.81. The molecule has 0 heterocycles. The highest BCUT2D eigenvalue weighted by molar-refractivity contribution is 5.87. The zero-order valence-corrected chi connectivity index (χ0v) is 10.2. The molecule has 6 nitrogen and oxygen atoms in total. The molecule has 0 aliphatic carbocycles. The minimum Gasteiger partial charge on any atom is -0.352 e. The Bertz CT molecular complexity index is 276. The highest BCUT2D eigenvalue weighted by Gasteiger charge is 2.10. The van der Waals surface area contributed by atoms with Crippen molar-refractivity contribution >= 4 is 17.7 Å². The fourth-order valence-corrected chi connectivity index (χ4v) is 0.935. The maximum atomic E-state index is 11.3. The van der Waals surface area contributed by atoms with Gasteiger partial charge in [-0.05, 0) is 13.8 Å². The summed E-state index contributed by atoms with van der Waals surface area (Å²) in [6, 6.07) is 0.0456. The number of likely N-dealkylation sites (N-methyl/N-ethyl adjacent to an activating group) is 1. The van der Waals surface area contributed by atoms with Gasteiger partial charge in [-0.3, -0.25) is 14.4 Å². The van der Waals surface area contributed by atoms with Gasteiger partial charge in [0, 0.05) is 20.0 Å². The van der Waals surface area contributed by atoms with Crippen LogP contribution in [-0.2, 0) is 14.4 Å². The van der Waals surface area contributed by atoms with Gasteiger partial charge in [0.25, 0.3) is 0 Å². The van der Waals surface area contributed by atoms with Crippen molar-refractivity contribution in [3.8, 4) is 0 Å². The SMILES string of the molecule is CC(=O)N(C)CC(=O)NCC(=O)NC(C)C. The van der Waals surface area contributed by atoms with Crippen LogP contribution < -0.4 is 10.6 Å². The van der Waals surface area contributed by atoms with Crippen molar-refractivity contribution in [2.24, 2.45) is 0 Å². The van der Waals surface area contributed by atoms with Crippen LogP contribution in [0.2, 0.25) is 0 Å². The Morgan fingerprint density at radius 1 is 1.19 bits per heavy atom. The zero-order chi connectivity index (χ0) is 12.7. The Morgan fingerprint density at radius 3 is 2.19 bits per heavy atom. The van der Waals surface area contributed by atoms with E-state index in [-0.39, 0.29) is 36.9 Å².